The first-order valence-electron chi connectivity index (χ1n) is 22.2. The second-order valence-electron chi connectivity index (χ2n) is 16.1. The van der Waals surface area contributed by atoms with Gasteiger partial charge in [0.25, 0.3) is 0 Å². The van der Waals surface area contributed by atoms with Gasteiger partial charge in [-0.3, -0.25) is 0 Å². The smallest absolute Gasteiger partial charge is 0.423 e. The van der Waals surface area contributed by atoms with Crippen LogP contribution in [0.5, 0.6) is 0 Å². The molecule has 70 heavy (non-hydrogen) atoms. The van der Waals surface area contributed by atoms with E-state index in [1.54, 1.807) is 18.2 Å². The first kappa shape index (κ1) is 46.2. The van der Waals surface area contributed by atoms with E-state index in [1.807, 2.05) is 103 Å². The number of nitrogens with zero attached hydrogens (tertiary/aromatic N) is 6. The Balaban J connectivity index is 0.000000138. The third-order valence-corrected chi connectivity index (χ3v) is 12.8. The zero-order valence-electron chi connectivity index (χ0n) is 37.1. The number of hydrogen-bond acceptors (Lipinski definition) is 8. The number of fused-ring (bicyclic) bond motifs is 4. The number of hydrogen-bond donors (Lipinski definition) is 2. The average Bonchev–Trinajstić information content (AvgIpc) is 3.40. The summed E-state index contributed by atoms with van der Waals surface area (Å²) in [6.45, 7) is 0. The molecule has 2 N–H and O–H groups in total. The van der Waals surface area contributed by atoms with Crippen molar-refractivity contribution in [3.05, 3.63) is 233 Å². The van der Waals surface area contributed by atoms with Gasteiger partial charge in [0.2, 0.25) is 5.28 Å². The van der Waals surface area contributed by atoms with Crippen molar-refractivity contribution in [2.75, 3.05) is 0 Å². The number of rotatable bonds is 6. The largest absolute Gasteiger partial charge is 0.488 e. The molecule has 0 aliphatic heterocycles. The van der Waals surface area contributed by atoms with Crippen LogP contribution < -0.4 is 5.46 Å². The summed E-state index contributed by atoms with van der Waals surface area (Å²) in [5.74, 6) is 3.14. The average molecular weight is 1060 g/mol. The van der Waals surface area contributed by atoms with Crippen LogP contribution in [0.25, 0.3) is 100 Å². The van der Waals surface area contributed by atoms with Gasteiger partial charge in [-0.1, -0.05) is 226 Å². The lowest BCUT2D eigenvalue weighted by Gasteiger charge is -2.11. The molecule has 0 bridgehead atoms. The first-order chi connectivity index (χ1) is 34.3. The molecule has 12 rings (SSSR count). The molecule has 8 nitrogen and oxygen atoms in total. The van der Waals surface area contributed by atoms with Crippen LogP contribution in [0.3, 0.4) is 0 Å². The molecule has 0 spiro atoms. The second-order valence-corrected chi connectivity index (χ2v) is 18.3. The Kier molecular flexibility index (Phi) is 13.9. The molecule has 12 aromatic rings. The van der Waals surface area contributed by atoms with Crippen LogP contribution >= 0.6 is 43.5 Å². The van der Waals surface area contributed by atoms with E-state index < -0.39 is 7.12 Å². The summed E-state index contributed by atoms with van der Waals surface area (Å²) in [7, 11) is -1.38. The molecule has 0 atom stereocenters. The zero-order chi connectivity index (χ0) is 48.0. The molecule has 0 saturated carbocycles. The highest BCUT2D eigenvalue weighted by molar-refractivity contribution is 9.10. The Hall–Kier alpha value is -7.51. The summed E-state index contributed by atoms with van der Waals surface area (Å²) < 4.78 is 1.83. The summed E-state index contributed by atoms with van der Waals surface area (Å²) in [5, 5.41) is 26.6. The third kappa shape index (κ3) is 10.3. The molecule has 0 saturated heterocycles. The first-order valence-corrected chi connectivity index (χ1v) is 24.2. The fourth-order valence-electron chi connectivity index (χ4n) is 8.31. The summed E-state index contributed by atoms with van der Waals surface area (Å²) >= 11 is 13.1. The van der Waals surface area contributed by atoms with Gasteiger partial charge in [0.1, 0.15) is 0 Å². The van der Waals surface area contributed by atoms with Crippen molar-refractivity contribution in [1.82, 2.24) is 29.9 Å². The van der Waals surface area contributed by atoms with Gasteiger partial charge in [0.15, 0.2) is 29.1 Å². The normalized spacial score (nSPS) is 10.9. The predicted octanol–water partition coefficient (Wildman–Crippen LogP) is 14.2. The Morgan fingerprint density at radius 2 is 0.643 bits per heavy atom. The van der Waals surface area contributed by atoms with E-state index in [9.17, 15) is 0 Å². The third-order valence-electron chi connectivity index (χ3n) is 11.6. The van der Waals surface area contributed by atoms with Gasteiger partial charge in [-0.25, -0.2) is 19.9 Å². The minimum Gasteiger partial charge on any atom is -0.423 e. The Morgan fingerprint density at radius 1 is 0.329 bits per heavy atom. The predicted molar refractivity (Wildman–Crippen MR) is 294 cm³/mol. The summed E-state index contributed by atoms with van der Waals surface area (Å²) in [6, 6.07) is 72.6. The van der Waals surface area contributed by atoms with Crippen molar-refractivity contribution in [1.29, 1.82) is 0 Å². The molecule has 2 heterocycles. The highest BCUT2D eigenvalue weighted by Crippen LogP contribution is 2.34. The van der Waals surface area contributed by atoms with E-state index in [1.165, 1.54) is 0 Å². The lowest BCUT2D eigenvalue weighted by molar-refractivity contribution is 0.425. The van der Waals surface area contributed by atoms with Gasteiger partial charge in [-0.15, -0.1) is 0 Å². The zero-order valence-corrected chi connectivity index (χ0v) is 41.0. The number of benzene rings is 10. The second kappa shape index (κ2) is 21.0. The van der Waals surface area contributed by atoms with Gasteiger partial charge in [0, 0.05) is 36.8 Å². The maximum atomic E-state index is 8.68. The van der Waals surface area contributed by atoms with Crippen molar-refractivity contribution >= 4 is 99.1 Å². The van der Waals surface area contributed by atoms with Gasteiger partial charge in [-0.2, -0.15) is 9.97 Å². The Morgan fingerprint density at radius 3 is 1.00 bits per heavy atom. The number of halogens is 3. The van der Waals surface area contributed by atoms with Gasteiger partial charge < -0.3 is 10.0 Å². The van der Waals surface area contributed by atoms with Crippen molar-refractivity contribution in [3.63, 3.8) is 0 Å². The van der Waals surface area contributed by atoms with Crippen molar-refractivity contribution in [3.8, 4) is 56.9 Å². The van der Waals surface area contributed by atoms with Crippen LogP contribution in [0, 0.1) is 0 Å². The van der Waals surface area contributed by atoms with E-state index in [-0.39, 0.29) is 5.28 Å². The van der Waals surface area contributed by atoms with E-state index in [0.717, 1.165) is 79.9 Å². The molecule has 2 aromatic heterocycles. The fraction of sp³-hybridized carbons (Fsp3) is 0. The highest BCUT2D eigenvalue weighted by Gasteiger charge is 2.17. The molecule has 0 aliphatic rings. The van der Waals surface area contributed by atoms with Crippen LogP contribution in [0.1, 0.15) is 0 Å². The molecular weight excluding hydrogens is 1020 g/mol. The molecule has 0 radical (unpaired) electrons. The van der Waals surface area contributed by atoms with Crippen LogP contribution in [-0.2, 0) is 0 Å². The molecule has 0 aliphatic carbocycles. The summed E-state index contributed by atoms with van der Waals surface area (Å²) in [4.78, 5) is 28.4. The molecule has 12 heteroatoms. The van der Waals surface area contributed by atoms with E-state index in [0.29, 0.717) is 34.6 Å². The molecule has 0 fully saturated rings. The molecular formula is C58H38BBr2ClN6O2. The summed E-state index contributed by atoms with van der Waals surface area (Å²) in [6.07, 6.45) is 0. The highest BCUT2D eigenvalue weighted by atomic mass is 79.9. The lowest BCUT2D eigenvalue weighted by Crippen LogP contribution is -2.29. The van der Waals surface area contributed by atoms with E-state index in [2.05, 4.69) is 139 Å². The van der Waals surface area contributed by atoms with Crippen molar-refractivity contribution in [2.45, 2.75) is 0 Å². The maximum Gasteiger partial charge on any atom is 0.488 e. The monoisotopic (exact) mass is 1050 g/mol. The van der Waals surface area contributed by atoms with Crippen LogP contribution in [0.4, 0.5) is 0 Å². The molecule has 10 aromatic carbocycles. The number of aromatic nitrogens is 6. The Labute approximate surface area is 425 Å². The van der Waals surface area contributed by atoms with Crippen molar-refractivity contribution < 1.29 is 10.0 Å². The minimum atomic E-state index is -1.38. The van der Waals surface area contributed by atoms with Gasteiger partial charge >= 0.3 is 7.12 Å². The Bertz CT molecular complexity index is 3650. The van der Waals surface area contributed by atoms with E-state index >= 15 is 0 Å². The SMILES string of the molecule is Brc1cccc(-c2nc(-c3cccc4ccccc34)nc(-c3cccc4ccccc34)n2)c1.Clc1nc(-c2cccc3ccccc23)nc(-c2cccc3ccccc23)n1.OB(O)c1cccc(Br)c1. The minimum absolute atomic E-state index is 0.191. The van der Waals surface area contributed by atoms with Crippen LogP contribution in [-0.4, -0.2) is 47.1 Å². The van der Waals surface area contributed by atoms with Gasteiger partial charge in [-0.05, 0) is 84.4 Å². The quantitative estimate of drug-likeness (QED) is 0.158. The standard InChI is InChI=1S/C29H18BrN3.C23H14ClN3.C6H6BBrO2/c30-22-13-5-12-21(18-22)27-31-28(25-16-6-10-19-8-1-3-14-23(19)25)33-29(32-27)26-17-7-11-20-9-2-4-15-24(20)26;24-23-26-21(19-13-5-9-15-7-1-3-11-17(15)19)25-22(27-23)20-14-6-10-16-8-2-4-12-18(16)20;8-6-3-1-2-5(4-6)7(9)10/h1-18H;1-14H;1-4,9-10H. The van der Waals surface area contributed by atoms with Crippen molar-refractivity contribution in [2.24, 2.45) is 0 Å². The molecule has 0 amide bonds. The maximum absolute atomic E-state index is 8.68. The summed E-state index contributed by atoms with van der Waals surface area (Å²) in [5.41, 5.74) is 5.31. The van der Waals surface area contributed by atoms with E-state index in [4.69, 9.17) is 41.6 Å². The van der Waals surface area contributed by atoms with Crippen LogP contribution in [0.2, 0.25) is 5.28 Å². The van der Waals surface area contributed by atoms with Gasteiger partial charge in [0.05, 0.1) is 0 Å². The van der Waals surface area contributed by atoms with Crippen LogP contribution in [0.15, 0.2) is 227 Å². The topological polar surface area (TPSA) is 118 Å². The molecule has 336 valence electrons. The fourth-order valence-corrected chi connectivity index (χ4v) is 9.29. The lowest BCUT2D eigenvalue weighted by atomic mass is 9.81. The molecule has 0 unspecified atom stereocenters.